The van der Waals surface area contributed by atoms with Crippen LogP contribution in [0.4, 0.5) is 0 Å². The molecular formula is C16H28N2O3. The molecule has 0 aromatic carbocycles. The summed E-state index contributed by atoms with van der Waals surface area (Å²) in [6.45, 7) is 3.80. The summed E-state index contributed by atoms with van der Waals surface area (Å²) in [7, 11) is 0. The smallest absolute Gasteiger partial charge is 0.303 e. The molecule has 0 aromatic rings. The first-order valence-corrected chi connectivity index (χ1v) is 8.32. The number of amides is 1. The molecule has 2 rings (SSSR count). The minimum absolute atomic E-state index is 0.0639. The third-order valence-electron chi connectivity index (χ3n) is 5.04. The van der Waals surface area contributed by atoms with E-state index in [4.69, 9.17) is 5.11 Å². The lowest BCUT2D eigenvalue weighted by atomic mass is 9.91. The van der Waals surface area contributed by atoms with E-state index in [0.717, 1.165) is 45.2 Å². The molecule has 1 heterocycles. The second kappa shape index (κ2) is 7.78. The van der Waals surface area contributed by atoms with Crippen molar-refractivity contribution in [1.29, 1.82) is 0 Å². The van der Waals surface area contributed by atoms with Gasteiger partial charge in [-0.3, -0.25) is 14.5 Å². The molecule has 21 heavy (non-hydrogen) atoms. The molecule has 5 nitrogen and oxygen atoms in total. The van der Waals surface area contributed by atoms with Crippen LogP contribution in [0.3, 0.4) is 0 Å². The summed E-state index contributed by atoms with van der Waals surface area (Å²) in [5.41, 5.74) is 0. The van der Waals surface area contributed by atoms with E-state index >= 15 is 0 Å². The fraction of sp³-hybridized carbons (Fsp3) is 0.875. The zero-order valence-corrected chi connectivity index (χ0v) is 13.0. The van der Waals surface area contributed by atoms with Crippen molar-refractivity contribution in [2.45, 2.75) is 70.4 Å². The summed E-state index contributed by atoms with van der Waals surface area (Å²) < 4.78 is 0. The number of carbonyl (C=O) groups excluding carboxylic acids is 1. The van der Waals surface area contributed by atoms with Gasteiger partial charge < -0.3 is 10.4 Å². The molecule has 2 aliphatic rings. The average Bonchev–Trinajstić information content (AvgIpc) is 2.97. The Kier molecular flexibility index (Phi) is 6.03. The van der Waals surface area contributed by atoms with E-state index in [-0.39, 0.29) is 18.4 Å². The maximum Gasteiger partial charge on any atom is 0.303 e. The average molecular weight is 296 g/mol. The van der Waals surface area contributed by atoms with Gasteiger partial charge in [-0.1, -0.05) is 12.8 Å². The predicted octanol–water partition coefficient (Wildman–Crippen LogP) is 2.01. The first-order valence-electron chi connectivity index (χ1n) is 8.32. The molecule has 1 amide bonds. The standard InChI is InChI=1S/C16H28N2O3/c1-12(16(21)17-14-4-2-3-5-14)18-10-8-13(9-11-18)6-7-15(19)20/h12-14H,2-11H2,1H3,(H,17,21)(H,19,20). The highest BCUT2D eigenvalue weighted by molar-refractivity contribution is 5.81. The third-order valence-corrected chi connectivity index (χ3v) is 5.04. The first kappa shape index (κ1) is 16.3. The van der Waals surface area contributed by atoms with Crippen LogP contribution in [0.25, 0.3) is 0 Å². The Morgan fingerprint density at radius 2 is 1.81 bits per heavy atom. The molecule has 5 heteroatoms. The van der Waals surface area contributed by atoms with Gasteiger partial charge in [0, 0.05) is 12.5 Å². The molecule has 1 atom stereocenters. The van der Waals surface area contributed by atoms with Crippen LogP contribution >= 0.6 is 0 Å². The van der Waals surface area contributed by atoms with Gasteiger partial charge in [-0.05, 0) is 58.0 Å². The SMILES string of the molecule is CC(C(=O)NC1CCCC1)N1CCC(CCC(=O)O)CC1. The lowest BCUT2D eigenvalue weighted by Gasteiger charge is -2.35. The van der Waals surface area contributed by atoms with Gasteiger partial charge in [0.25, 0.3) is 0 Å². The lowest BCUT2D eigenvalue weighted by Crippen LogP contribution is -2.50. The van der Waals surface area contributed by atoms with Gasteiger partial charge in [-0.25, -0.2) is 0 Å². The van der Waals surface area contributed by atoms with E-state index in [2.05, 4.69) is 10.2 Å². The molecule has 2 N–H and O–H groups in total. The summed E-state index contributed by atoms with van der Waals surface area (Å²) in [6.07, 6.45) is 7.75. The van der Waals surface area contributed by atoms with Crippen LogP contribution in [-0.2, 0) is 9.59 Å². The normalized spacial score (nSPS) is 23.1. The zero-order valence-electron chi connectivity index (χ0n) is 13.0. The number of carboxylic acids is 1. The van der Waals surface area contributed by atoms with Crippen molar-refractivity contribution in [3.05, 3.63) is 0 Å². The van der Waals surface area contributed by atoms with Gasteiger partial charge >= 0.3 is 5.97 Å². The second-order valence-corrected chi connectivity index (χ2v) is 6.58. The second-order valence-electron chi connectivity index (χ2n) is 6.58. The molecule has 0 spiro atoms. The molecule has 2 fully saturated rings. The topological polar surface area (TPSA) is 69.6 Å². The van der Waals surface area contributed by atoms with Crippen molar-refractivity contribution < 1.29 is 14.7 Å². The number of piperidine rings is 1. The zero-order chi connectivity index (χ0) is 15.2. The monoisotopic (exact) mass is 296 g/mol. The van der Waals surface area contributed by atoms with Gasteiger partial charge in [-0.2, -0.15) is 0 Å². The molecule has 1 saturated heterocycles. The maximum atomic E-state index is 12.3. The highest BCUT2D eigenvalue weighted by Crippen LogP contribution is 2.23. The van der Waals surface area contributed by atoms with E-state index in [1.54, 1.807) is 0 Å². The van der Waals surface area contributed by atoms with Crippen molar-refractivity contribution in [3.8, 4) is 0 Å². The molecule has 1 unspecified atom stereocenters. The molecule has 1 saturated carbocycles. The minimum atomic E-state index is -0.707. The largest absolute Gasteiger partial charge is 0.481 e. The summed E-state index contributed by atoms with van der Waals surface area (Å²) in [4.78, 5) is 25.1. The Labute approximate surface area is 127 Å². The molecule has 1 aliphatic carbocycles. The summed E-state index contributed by atoms with van der Waals surface area (Å²) in [6, 6.07) is 0.319. The minimum Gasteiger partial charge on any atom is -0.481 e. The first-order chi connectivity index (χ1) is 10.1. The predicted molar refractivity (Wildman–Crippen MR) is 81.0 cm³/mol. The van der Waals surface area contributed by atoms with E-state index in [1.165, 1.54) is 12.8 Å². The van der Waals surface area contributed by atoms with Gasteiger partial charge in [0.05, 0.1) is 6.04 Å². The number of nitrogens with one attached hydrogen (secondary N) is 1. The molecule has 1 aliphatic heterocycles. The number of carbonyl (C=O) groups is 2. The van der Waals surface area contributed by atoms with Gasteiger partial charge in [-0.15, -0.1) is 0 Å². The highest BCUT2D eigenvalue weighted by Gasteiger charge is 2.28. The summed E-state index contributed by atoms with van der Waals surface area (Å²) in [5, 5.41) is 11.9. The number of hydrogen-bond acceptors (Lipinski definition) is 3. The number of rotatable bonds is 6. The number of carboxylic acid groups (broad SMARTS) is 1. The van der Waals surface area contributed by atoms with E-state index in [1.807, 2.05) is 6.92 Å². The third kappa shape index (κ3) is 4.99. The molecule has 0 bridgehead atoms. The van der Waals surface area contributed by atoms with Gasteiger partial charge in [0.1, 0.15) is 0 Å². The fourth-order valence-corrected chi connectivity index (χ4v) is 3.51. The fourth-order valence-electron chi connectivity index (χ4n) is 3.51. The van der Waals surface area contributed by atoms with Crippen molar-refractivity contribution >= 4 is 11.9 Å². The summed E-state index contributed by atoms with van der Waals surface area (Å²) >= 11 is 0. The molecule has 0 radical (unpaired) electrons. The number of hydrogen-bond donors (Lipinski definition) is 2. The summed E-state index contributed by atoms with van der Waals surface area (Å²) in [5.74, 6) is -0.0462. The van der Waals surface area contributed by atoms with Crippen molar-refractivity contribution in [1.82, 2.24) is 10.2 Å². The quantitative estimate of drug-likeness (QED) is 0.786. The lowest BCUT2D eigenvalue weighted by molar-refractivity contribution is -0.137. The van der Waals surface area contributed by atoms with Crippen molar-refractivity contribution in [3.63, 3.8) is 0 Å². The Balaban J connectivity index is 1.70. The molecule has 120 valence electrons. The molecule has 0 aromatic heterocycles. The number of aliphatic carboxylic acids is 1. The number of likely N-dealkylation sites (tertiary alicyclic amines) is 1. The van der Waals surface area contributed by atoms with Crippen LogP contribution in [-0.4, -0.2) is 47.1 Å². The van der Waals surface area contributed by atoms with E-state index < -0.39 is 5.97 Å². The van der Waals surface area contributed by atoms with Crippen LogP contribution in [0.2, 0.25) is 0 Å². The Morgan fingerprint density at radius 3 is 2.38 bits per heavy atom. The Morgan fingerprint density at radius 1 is 1.19 bits per heavy atom. The Bertz CT molecular complexity index is 359. The van der Waals surface area contributed by atoms with Crippen LogP contribution in [0.15, 0.2) is 0 Å². The van der Waals surface area contributed by atoms with E-state index in [9.17, 15) is 9.59 Å². The van der Waals surface area contributed by atoms with Crippen LogP contribution in [0.5, 0.6) is 0 Å². The van der Waals surface area contributed by atoms with E-state index in [0.29, 0.717) is 12.0 Å². The van der Waals surface area contributed by atoms with Crippen LogP contribution in [0.1, 0.15) is 58.3 Å². The maximum absolute atomic E-state index is 12.3. The molecular weight excluding hydrogens is 268 g/mol. The van der Waals surface area contributed by atoms with Gasteiger partial charge in [0.2, 0.25) is 5.91 Å². The highest BCUT2D eigenvalue weighted by atomic mass is 16.4. The van der Waals surface area contributed by atoms with Gasteiger partial charge in [0.15, 0.2) is 0 Å². The van der Waals surface area contributed by atoms with Crippen molar-refractivity contribution in [2.75, 3.05) is 13.1 Å². The van der Waals surface area contributed by atoms with Crippen LogP contribution < -0.4 is 5.32 Å². The van der Waals surface area contributed by atoms with Crippen LogP contribution in [0, 0.1) is 5.92 Å². The number of nitrogens with zero attached hydrogens (tertiary/aromatic N) is 1. The Hall–Kier alpha value is -1.10. The van der Waals surface area contributed by atoms with Crippen molar-refractivity contribution in [2.24, 2.45) is 5.92 Å².